The molecule has 0 aromatic heterocycles. The van der Waals surface area contributed by atoms with E-state index in [0.29, 0.717) is 6.04 Å². The van der Waals surface area contributed by atoms with Crippen molar-refractivity contribution in [2.24, 2.45) is 0 Å². The Morgan fingerprint density at radius 3 is 2.76 bits per heavy atom. The summed E-state index contributed by atoms with van der Waals surface area (Å²) < 4.78 is 0. The Morgan fingerprint density at radius 1 is 1.29 bits per heavy atom. The highest BCUT2D eigenvalue weighted by molar-refractivity contribution is 5.18. The van der Waals surface area contributed by atoms with Crippen LogP contribution in [0, 0.1) is 0 Å². The first-order valence-electron chi connectivity index (χ1n) is 6.52. The highest BCUT2D eigenvalue weighted by Gasteiger charge is 2.15. The smallest absolute Gasteiger partial charge is 0.0626 e. The lowest BCUT2D eigenvalue weighted by atomic mass is 10.0. The summed E-state index contributed by atoms with van der Waals surface area (Å²) in [4.78, 5) is 0. The highest BCUT2D eigenvalue weighted by Crippen LogP contribution is 2.12. The van der Waals surface area contributed by atoms with Gasteiger partial charge in [-0.25, -0.2) is 0 Å². The topological polar surface area (TPSA) is 44.3 Å². The molecule has 1 aliphatic rings. The van der Waals surface area contributed by atoms with E-state index in [0.717, 1.165) is 18.7 Å². The molecule has 0 aliphatic carbocycles. The van der Waals surface area contributed by atoms with Gasteiger partial charge in [0, 0.05) is 12.6 Å². The molecule has 1 aliphatic heterocycles. The quantitative estimate of drug-likeness (QED) is 0.722. The second-order valence-corrected chi connectivity index (χ2v) is 4.70. The van der Waals surface area contributed by atoms with Crippen molar-refractivity contribution < 1.29 is 5.11 Å². The van der Waals surface area contributed by atoms with Crippen LogP contribution in [0.25, 0.3) is 0 Å². The molecule has 0 amide bonds. The molecule has 0 saturated carbocycles. The van der Waals surface area contributed by atoms with Crippen LogP contribution in [-0.2, 0) is 0 Å². The number of rotatable bonds is 5. The van der Waals surface area contributed by atoms with Gasteiger partial charge in [-0.3, -0.25) is 0 Å². The minimum absolute atomic E-state index is 0.0555. The third kappa shape index (κ3) is 3.80. The number of piperidine rings is 1. The summed E-state index contributed by atoms with van der Waals surface area (Å²) >= 11 is 0. The van der Waals surface area contributed by atoms with Crippen LogP contribution in [0.1, 0.15) is 30.9 Å². The largest absolute Gasteiger partial charge is 0.394 e. The van der Waals surface area contributed by atoms with Crippen molar-refractivity contribution in [1.82, 2.24) is 10.6 Å². The number of hydrogen-bond acceptors (Lipinski definition) is 3. The van der Waals surface area contributed by atoms with Crippen LogP contribution in [0.5, 0.6) is 0 Å². The van der Waals surface area contributed by atoms with Crippen LogP contribution in [0.2, 0.25) is 0 Å². The van der Waals surface area contributed by atoms with Gasteiger partial charge in [0.2, 0.25) is 0 Å². The first kappa shape index (κ1) is 12.6. The van der Waals surface area contributed by atoms with Crippen LogP contribution in [0.4, 0.5) is 0 Å². The van der Waals surface area contributed by atoms with E-state index in [9.17, 15) is 5.11 Å². The Morgan fingerprint density at radius 2 is 2.12 bits per heavy atom. The van der Waals surface area contributed by atoms with Crippen molar-refractivity contribution in [3.05, 3.63) is 35.9 Å². The van der Waals surface area contributed by atoms with Gasteiger partial charge in [-0.1, -0.05) is 36.8 Å². The van der Waals surface area contributed by atoms with Gasteiger partial charge in [0.15, 0.2) is 0 Å². The third-order valence-electron chi connectivity index (χ3n) is 3.41. The summed E-state index contributed by atoms with van der Waals surface area (Å²) in [7, 11) is 0. The van der Waals surface area contributed by atoms with E-state index in [1.165, 1.54) is 19.3 Å². The standard InChI is InChI=1S/C14H22N2O/c17-11-14(12-6-2-1-3-7-12)16-10-13-8-4-5-9-15-13/h1-3,6-7,13-17H,4-5,8-11H2/t13?,14-/m1/s1. The highest BCUT2D eigenvalue weighted by atomic mass is 16.3. The van der Waals surface area contributed by atoms with E-state index < -0.39 is 0 Å². The van der Waals surface area contributed by atoms with Gasteiger partial charge in [-0.15, -0.1) is 0 Å². The monoisotopic (exact) mass is 234 g/mol. The number of benzene rings is 1. The predicted octanol–water partition coefficient (Wildman–Crippen LogP) is 1.45. The summed E-state index contributed by atoms with van der Waals surface area (Å²) in [5.41, 5.74) is 1.16. The molecule has 1 fully saturated rings. The van der Waals surface area contributed by atoms with Gasteiger partial charge in [-0.2, -0.15) is 0 Å². The number of nitrogens with one attached hydrogen (secondary N) is 2. The molecule has 1 heterocycles. The van der Waals surface area contributed by atoms with Gasteiger partial charge in [0.25, 0.3) is 0 Å². The maximum absolute atomic E-state index is 9.43. The molecular weight excluding hydrogens is 212 g/mol. The van der Waals surface area contributed by atoms with Gasteiger partial charge in [0.1, 0.15) is 0 Å². The molecule has 17 heavy (non-hydrogen) atoms. The lowest BCUT2D eigenvalue weighted by Gasteiger charge is -2.26. The third-order valence-corrected chi connectivity index (χ3v) is 3.41. The Kier molecular flexibility index (Phi) is 4.98. The first-order valence-corrected chi connectivity index (χ1v) is 6.52. The summed E-state index contributed by atoms with van der Waals surface area (Å²) in [5, 5.41) is 16.4. The Labute approximate surface area is 103 Å². The molecule has 1 aromatic rings. The molecule has 3 N–H and O–H groups in total. The molecule has 1 saturated heterocycles. The molecule has 3 nitrogen and oxygen atoms in total. The maximum atomic E-state index is 9.43. The Hall–Kier alpha value is -0.900. The Balaban J connectivity index is 1.83. The normalized spacial score (nSPS) is 22.3. The maximum Gasteiger partial charge on any atom is 0.0626 e. The fourth-order valence-corrected chi connectivity index (χ4v) is 2.36. The molecule has 1 aromatic carbocycles. The van der Waals surface area contributed by atoms with Gasteiger partial charge in [-0.05, 0) is 24.9 Å². The predicted molar refractivity (Wildman–Crippen MR) is 69.9 cm³/mol. The minimum atomic E-state index is 0.0555. The summed E-state index contributed by atoms with van der Waals surface area (Å²) in [5.74, 6) is 0. The minimum Gasteiger partial charge on any atom is -0.394 e. The van der Waals surface area contributed by atoms with Crippen molar-refractivity contribution in [3.8, 4) is 0 Å². The average molecular weight is 234 g/mol. The van der Waals surface area contributed by atoms with E-state index in [4.69, 9.17) is 0 Å². The van der Waals surface area contributed by atoms with Crippen LogP contribution < -0.4 is 10.6 Å². The van der Waals surface area contributed by atoms with Crippen LogP contribution in [-0.4, -0.2) is 30.8 Å². The number of hydrogen-bond donors (Lipinski definition) is 3. The molecule has 2 rings (SSSR count). The second kappa shape index (κ2) is 6.74. The summed E-state index contributed by atoms with van der Waals surface area (Å²) in [6.07, 6.45) is 3.84. The number of aliphatic hydroxyl groups is 1. The zero-order chi connectivity index (χ0) is 11.9. The fourth-order valence-electron chi connectivity index (χ4n) is 2.36. The molecule has 0 bridgehead atoms. The fraction of sp³-hybridized carbons (Fsp3) is 0.571. The molecular formula is C14H22N2O. The lowest BCUT2D eigenvalue weighted by Crippen LogP contribution is -2.43. The lowest BCUT2D eigenvalue weighted by molar-refractivity contribution is 0.237. The van der Waals surface area contributed by atoms with Crippen LogP contribution in [0.3, 0.4) is 0 Å². The van der Waals surface area contributed by atoms with Crippen molar-refractivity contribution >= 4 is 0 Å². The van der Waals surface area contributed by atoms with Crippen molar-refractivity contribution in [2.75, 3.05) is 19.7 Å². The van der Waals surface area contributed by atoms with Gasteiger partial charge < -0.3 is 15.7 Å². The van der Waals surface area contributed by atoms with Crippen molar-refractivity contribution in [1.29, 1.82) is 0 Å². The molecule has 0 radical (unpaired) electrons. The molecule has 1 unspecified atom stereocenters. The SMILES string of the molecule is OC[C@@H](NCC1CCCCN1)c1ccccc1. The summed E-state index contributed by atoms with van der Waals surface area (Å²) in [6, 6.07) is 10.8. The van der Waals surface area contributed by atoms with Gasteiger partial charge in [0.05, 0.1) is 12.6 Å². The van der Waals surface area contributed by atoms with Gasteiger partial charge >= 0.3 is 0 Å². The van der Waals surface area contributed by atoms with Crippen LogP contribution >= 0.6 is 0 Å². The zero-order valence-electron chi connectivity index (χ0n) is 10.2. The second-order valence-electron chi connectivity index (χ2n) is 4.70. The average Bonchev–Trinajstić information content (AvgIpc) is 2.42. The molecule has 0 spiro atoms. The van der Waals surface area contributed by atoms with Crippen molar-refractivity contribution in [3.63, 3.8) is 0 Å². The summed E-state index contributed by atoms with van der Waals surface area (Å²) in [6.45, 7) is 2.21. The van der Waals surface area contributed by atoms with E-state index >= 15 is 0 Å². The molecule has 2 atom stereocenters. The molecule has 94 valence electrons. The van der Waals surface area contributed by atoms with Crippen molar-refractivity contribution in [2.45, 2.75) is 31.3 Å². The van der Waals surface area contributed by atoms with E-state index in [-0.39, 0.29) is 12.6 Å². The molecule has 3 heteroatoms. The zero-order valence-corrected chi connectivity index (χ0v) is 10.2. The van der Waals surface area contributed by atoms with Crippen LogP contribution in [0.15, 0.2) is 30.3 Å². The number of aliphatic hydroxyl groups excluding tert-OH is 1. The Bertz CT molecular complexity index is 309. The van der Waals surface area contributed by atoms with E-state index in [2.05, 4.69) is 22.8 Å². The first-order chi connectivity index (χ1) is 8.40. The van der Waals surface area contributed by atoms with E-state index in [1.807, 2.05) is 18.2 Å². The van der Waals surface area contributed by atoms with E-state index in [1.54, 1.807) is 0 Å².